The summed E-state index contributed by atoms with van der Waals surface area (Å²) < 4.78 is 0. The van der Waals surface area contributed by atoms with Crippen molar-refractivity contribution in [2.45, 2.75) is 65.2 Å². The molecule has 0 atom stereocenters. The van der Waals surface area contributed by atoms with Crippen molar-refractivity contribution < 1.29 is 0 Å². The molecule has 0 aliphatic carbocycles. The molecule has 4 nitrogen and oxygen atoms in total. The molecule has 1 aromatic rings. The van der Waals surface area contributed by atoms with Gasteiger partial charge in [-0.3, -0.25) is 9.78 Å². The molecule has 0 radical (unpaired) electrons. The Morgan fingerprint density at radius 3 is 2.37 bits per heavy atom. The standard InChI is InChI=1S/C15H27N3O/c1-3-4-5-6-7-8-9-10-11-16-15-17-13(2)12-14(19)18-15/h12H,3-11H2,1-2H3,(H2,16,17,18,19). The van der Waals surface area contributed by atoms with E-state index in [1.54, 1.807) is 0 Å². The number of anilines is 1. The molecule has 1 rings (SSSR count). The highest BCUT2D eigenvalue weighted by Gasteiger charge is 1.97. The van der Waals surface area contributed by atoms with Gasteiger partial charge in [0.1, 0.15) is 0 Å². The van der Waals surface area contributed by atoms with Crippen LogP contribution in [-0.2, 0) is 0 Å². The van der Waals surface area contributed by atoms with Crippen LogP contribution in [-0.4, -0.2) is 16.5 Å². The maximum atomic E-state index is 11.2. The predicted octanol–water partition coefficient (Wildman–Crippen LogP) is 3.63. The first-order chi connectivity index (χ1) is 9.22. The van der Waals surface area contributed by atoms with E-state index in [-0.39, 0.29) is 5.56 Å². The fourth-order valence-corrected chi connectivity index (χ4v) is 2.13. The van der Waals surface area contributed by atoms with E-state index in [1.165, 1.54) is 51.0 Å². The second-order valence-electron chi connectivity index (χ2n) is 5.14. The smallest absolute Gasteiger partial charge is 0.252 e. The molecule has 4 heteroatoms. The minimum atomic E-state index is -0.0917. The molecule has 0 bridgehead atoms. The van der Waals surface area contributed by atoms with Gasteiger partial charge in [-0.05, 0) is 13.3 Å². The third kappa shape index (κ3) is 7.65. The average Bonchev–Trinajstić information content (AvgIpc) is 2.36. The van der Waals surface area contributed by atoms with E-state index in [4.69, 9.17) is 0 Å². The lowest BCUT2D eigenvalue weighted by atomic mass is 10.1. The van der Waals surface area contributed by atoms with Gasteiger partial charge in [-0.15, -0.1) is 0 Å². The number of aromatic nitrogens is 2. The number of aromatic amines is 1. The first-order valence-corrected chi connectivity index (χ1v) is 7.54. The first kappa shape index (κ1) is 15.7. The molecule has 1 heterocycles. The van der Waals surface area contributed by atoms with Crippen molar-refractivity contribution in [3.05, 3.63) is 22.1 Å². The van der Waals surface area contributed by atoms with Crippen molar-refractivity contribution in [1.82, 2.24) is 9.97 Å². The summed E-state index contributed by atoms with van der Waals surface area (Å²) in [7, 11) is 0. The van der Waals surface area contributed by atoms with E-state index in [2.05, 4.69) is 22.2 Å². The monoisotopic (exact) mass is 265 g/mol. The number of nitrogens with zero attached hydrogens (tertiary/aromatic N) is 1. The van der Waals surface area contributed by atoms with Crippen LogP contribution in [0.25, 0.3) is 0 Å². The van der Waals surface area contributed by atoms with Gasteiger partial charge in [-0.2, -0.15) is 0 Å². The highest BCUT2D eigenvalue weighted by atomic mass is 16.1. The summed E-state index contributed by atoms with van der Waals surface area (Å²) in [6, 6.07) is 1.50. The Hall–Kier alpha value is -1.32. The third-order valence-electron chi connectivity index (χ3n) is 3.19. The molecule has 108 valence electrons. The summed E-state index contributed by atoms with van der Waals surface area (Å²) in [5, 5.41) is 3.17. The van der Waals surface area contributed by atoms with Crippen LogP contribution < -0.4 is 10.9 Å². The van der Waals surface area contributed by atoms with Crippen LogP contribution in [0, 0.1) is 6.92 Å². The highest BCUT2D eigenvalue weighted by Crippen LogP contribution is 2.08. The van der Waals surface area contributed by atoms with Gasteiger partial charge in [0.2, 0.25) is 5.95 Å². The average molecular weight is 265 g/mol. The number of rotatable bonds is 10. The Labute approximate surface area is 116 Å². The van der Waals surface area contributed by atoms with Crippen molar-refractivity contribution in [2.24, 2.45) is 0 Å². The van der Waals surface area contributed by atoms with Crippen molar-refractivity contribution >= 4 is 5.95 Å². The predicted molar refractivity (Wildman–Crippen MR) is 80.7 cm³/mol. The van der Waals surface area contributed by atoms with E-state index in [9.17, 15) is 4.79 Å². The van der Waals surface area contributed by atoms with Crippen molar-refractivity contribution in [3.8, 4) is 0 Å². The largest absolute Gasteiger partial charge is 0.356 e. The van der Waals surface area contributed by atoms with E-state index in [0.29, 0.717) is 5.95 Å². The second-order valence-corrected chi connectivity index (χ2v) is 5.14. The third-order valence-corrected chi connectivity index (χ3v) is 3.19. The zero-order chi connectivity index (χ0) is 13.9. The van der Waals surface area contributed by atoms with Gasteiger partial charge in [0.15, 0.2) is 0 Å². The topological polar surface area (TPSA) is 57.8 Å². The number of hydrogen-bond acceptors (Lipinski definition) is 3. The lowest BCUT2D eigenvalue weighted by Gasteiger charge is -2.05. The molecule has 0 spiro atoms. The van der Waals surface area contributed by atoms with Gasteiger partial charge in [0.25, 0.3) is 5.56 Å². The first-order valence-electron chi connectivity index (χ1n) is 7.54. The Balaban J connectivity index is 2.03. The van der Waals surface area contributed by atoms with Gasteiger partial charge in [-0.1, -0.05) is 51.9 Å². The van der Waals surface area contributed by atoms with Crippen LogP contribution in [0.1, 0.15) is 64.0 Å². The summed E-state index contributed by atoms with van der Waals surface area (Å²) in [6.45, 7) is 4.95. The van der Waals surface area contributed by atoms with Gasteiger partial charge < -0.3 is 5.32 Å². The van der Waals surface area contributed by atoms with Crippen molar-refractivity contribution in [1.29, 1.82) is 0 Å². The minimum absolute atomic E-state index is 0.0917. The van der Waals surface area contributed by atoms with E-state index in [1.807, 2.05) is 6.92 Å². The fourth-order valence-electron chi connectivity index (χ4n) is 2.13. The summed E-state index contributed by atoms with van der Waals surface area (Å²) in [5.74, 6) is 0.591. The zero-order valence-corrected chi connectivity index (χ0v) is 12.3. The number of unbranched alkanes of at least 4 members (excludes halogenated alkanes) is 7. The molecular weight excluding hydrogens is 238 g/mol. The Morgan fingerprint density at radius 2 is 1.74 bits per heavy atom. The molecule has 0 aliphatic rings. The fraction of sp³-hybridized carbons (Fsp3) is 0.733. The number of H-pyrrole nitrogens is 1. The maximum Gasteiger partial charge on any atom is 0.252 e. The van der Waals surface area contributed by atoms with E-state index in [0.717, 1.165) is 18.7 Å². The summed E-state index contributed by atoms with van der Waals surface area (Å²) >= 11 is 0. The summed E-state index contributed by atoms with van der Waals surface area (Å²) in [4.78, 5) is 18.2. The highest BCUT2D eigenvalue weighted by molar-refractivity contribution is 5.24. The van der Waals surface area contributed by atoms with Crippen LogP contribution in [0.4, 0.5) is 5.95 Å². The molecule has 1 aromatic heterocycles. The van der Waals surface area contributed by atoms with Crippen LogP contribution in [0.3, 0.4) is 0 Å². The molecule has 0 saturated carbocycles. The normalized spacial score (nSPS) is 10.6. The maximum absolute atomic E-state index is 11.2. The molecule has 0 fully saturated rings. The summed E-state index contributed by atoms with van der Waals surface area (Å²) in [5.41, 5.74) is 0.660. The van der Waals surface area contributed by atoms with Crippen LogP contribution >= 0.6 is 0 Å². The summed E-state index contributed by atoms with van der Waals surface area (Å²) in [6.07, 6.45) is 10.5. The molecular formula is C15H27N3O. The number of hydrogen-bond donors (Lipinski definition) is 2. The lowest BCUT2D eigenvalue weighted by Crippen LogP contribution is -2.13. The Bertz CT molecular complexity index is 401. The van der Waals surface area contributed by atoms with E-state index < -0.39 is 0 Å². The second kappa shape index (κ2) is 9.59. The molecule has 0 amide bonds. The zero-order valence-electron chi connectivity index (χ0n) is 12.3. The van der Waals surface area contributed by atoms with Gasteiger partial charge in [-0.25, -0.2) is 4.98 Å². The molecule has 0 aliphatic heterocycles. The van der Waals surface area contributed by atoms with Gasteiger partial charge in [0, 0.05) is 18.3 Å². The Morgan fingerprint density at radius 1 is 1.11 bits per heavy atom. The van der Waals surface area contributed by atoms with Crippen molar-refractivity contribution in [2.75, 3.05) is 11.9 Å². The quantitative estimate of drug-likeness (QED) is 0.635. The molecule has 0 saturated heterocycles. The van der Waals surface area contributed by atoms with E-state index >= 15 is 0 Å². The van der Waals surface area contributed by atoms with Crippen LogP contribution in [0.15, 0.2) is 10.9 Å². The lowest BCUT2D eigenvalue weighted by molar-refractivity contribution is 0.580. The van der Waals surface area contributed by atoms with Gasteiger partial charge >= 0.3 is 0 Å². The Kier molecular flexibility index (Phi) is 7.94. The molecule has 2 N–H and O–H groups in total. The van der Waals surface area contributed by atoms with Crippen molar-refractivity contribution in [3.63, 3.8) is 0 Å². The number of aryl methyl sites for hydroxylation is 1. The number of nitrogens with one attached hydrogen (secondary N) is 2. The van der Waals surface area contributed by atoms with Gasteiger partial charge in [0.05, 0.1) is 0 Å². The SMILES string of the molecule is CCCCCCCCCCNc1nc(C)cc(=O)[nH]1. The van der Waals surface area contributed by atoms with Crippen LogP contribution in [0.2, 0.25) is 0 Å². The molecule has 0 aromatic carbocycles. The molecule has 19 heavy (non-hydrogen) atoms. The van der Waals surface area contributed by atoms with Crippen LogP contribution in [0.5, 0.6) is 0 Å². The minimum Gasteiger partial charge on any atom is -0.356 e. The molecule has 0 unspecified atom stereocenters.